The highest BCUT2D eigenvalue weighted by Gasteiger charge is 2.26. The quantitative estimate of drug-likeness (QED) is 0.124. The zero-order valence-electron chi connectivity index (χ0n) is 64.3. The van der Waals surface area contributed by atoms with Crippen LogP contribution in [-0.2, 0) is 0 Å². The van der Waals surface area contributed by atoms with E-state index in [-0.39, 0.29) is 0 Å². The average Bonchev–Trinajstić information content (AvgIpc) is 1.57. The Morgan fingerprint density at radius 1 is 0.167 bits per heavy atom. The van der Waals surface area contributed by atoms with Crippen LogP contribution in [0.2, 0.25) is 0 Å². The fourth-order valence-electron chi connectivity index (χ4n) is 17.8. The smallest absolute Gasteiger partial charge is 0.238 e. The van der Waals surface area contributed by atoms with Crippen LogP contribution in [0, 0.1) is 0 Å². The number of rotatable bonds is 11. The first kappa shape index (κ1) is 68.0. The monoisotopic (exact) mass is 1540 g/mol. The Morgan fingerprint density at radius 2 is 0.508 bits per heavy atom. The molecule has 8 heterocycles. The summed E-state index contributed by atoms with van der Waals surface area (Å²) >= 11 is 0. The van der Waals surface area contributed by atoms with E-state index in [0.717, 1.165) is 187 Å². The van der Waals surface area contributed by atoms with Gasteiger partial charge in [0.25, 0.3) is 0 Å². The van der Waals surface area contributed by atoms with Crippen LogP contribution in [0.1, 0.15) is 0 Å². The molecule has 560 valence electrons. The molecule has 0 amide bonds. The molecule has 0 bridgehead atoms. The molecule has 12 nitrogen and oxygen atoms in total. The van der Waals surface area contributed by atoms with Gasteiger partial charge in [-0.25, -0.2) is 19.9 Å². The molecule has 0 fully saturated rings. The van der Waals surface area contributed by atoms with Crippen molar-refractivity contribution >= 4 is 131 Å². The first-order valence-corrected chi connectivity index (χ1v) is 40.2. The SMILES string of the molecule is c1ccc(-c2ccc(-c3nc(-c4ccc5oc6ccccc6c5c4)nc(-c4cccc5c4oc4cc6c7ccccc7n(-c7ccccc7)c6cc45)n3)cc2)cc1.c1ccc(-c2ccc(-c3nc(-c4cccc5c4oc4cc6c7ccccc7n(-c7cccc(-c8ccccc8)c7)c6cc45)nc(-n4c5ccccc5c5ccccc54)n3)cc2)cc1. The number of para-hydroxylation sites is 8. The Kier molecular flexibility index (Phi) is 15.7. The van der Waals surface area contributed by atoms with Crippen molar-refractivity contribution in [3.05, 3.63) is 394 Å². The molecule has 0 unspecified atom stereocenters. The van der Waals surface area contributed by atoms with Gasteiger partial charge in [-0.1, -0.05) is 285 Å². The van der Waals surface area contributed by atoms with Crippen molar-refractivity contribution in [2.45, 2.75) is 0 Å². The summed E-state index contributed by atoms with van der Waals surface area (Å²) in [6.45, 7) is 0. The Hall–Kier alpha value is -16.4. The molecule has 12 heteroatoms. The molecular weight excluding hydrogens is 1470 g/mol. The molecule has 17 aromatic carbocycles. The predicted octanol–water partition coefficient (Wildman–Crippen LogP) is 28.1. The fourth-order valence-corrected chi connectivity index (χ4v) is 17.8. The zero-order valence-corrected chi connectivity index (χ0v) is 64.3. The number of fused-ring (bicyclic) bond motifs is 18. The van der Waals surface area contributed by atoms with Crippen LogP contribution >= 0.6 is 0 Å². The highest BCUT2D eigenvalue weighted by Crippen LogP contribution is 2.45. The third-order valence-corrected chi connectivity index (χ3v) is 23.5. The Balaban J connectivity index is 0.000000137. The zero-order chi connectivity index (χ0) is 78.9. The minimum absolute atomic E-state index is 0.533. The van der Waals surface area contributed by atoms with Crippen molar-refractivity contribution in [3.63, 3.8) is 0 Å². The summed E-state index contributed by atoms with van der Waals surface area (Å²) in [5, 5.41) is 13.0. The van der Waals surface area contributed by atoms with Gasteiger partial charge in [-0.3, -0.25) is 4.57 Å². The van der Waals surface area contributed by atoms with E-state index in [0.29, 0.717) is 35.1 Å². The molecule has 0 N–H and O–H groups in total. The van der Waals surface area contributed by atoms with Gasteiger partial charge in [-0.05, 0) is 143 Å². The largest absolute Gasteiger partial charge is 0.456 e. The van der Waals surface area contributed by atoms with Crippen molar-refractivity contribution in [2.24, 2.45) is 0 Å². The molecule has 25 rings (SSSR count). The van der Waals surface area contributed by atoms with Crippen LogP contribution in [0.25, 0.3) is 239 Å². The molecule has 0 saturated carbocycles. The topological polar surface area (TPSA) is 132 Å². The van der Waals surface area contributed by atoms with Gasteiger partial charge in [0.2, 0.25) is 5.95 Å². The summed E-state index contributed by atoms with van der Waals surface area (Å²) in [5.41, 5.74) is 24.7. The molecule has 25 aromatic rings. The number of aromatic nitrogens is 9. The third kappa shape index (κ3) is 11.3. The van der Waals surface area contributed by atoms with E-state index >= 15 is 0 Å². The number of benzene rings is 17. The van der Waals surface area contributed by atoms with E-state index in [1.807, 2.05) is 48.5 Å². The maximum atomic E-state index is 6.95. The minimum atomic E-state index is 0.533. The summed E-state index contributed by atoms with van der Waals surface area (Å²) in [6.07, 6.45) is 0. The molecule has 0 radical (unpaired) electrons. The van der Waals surface area contributed by atoms with Crippen molar-refractivity contribution in [2.75, 3.05) is 0 Å². The van der Waals surface area contributed by atoms with E-state index in [1.54, 1.807) is 0 Å². The maximum absolute atomic E-state index is 6.95. The summed E-state index contributed by atoms with van der Waals surface area (Å²) in [4.78, 5) is 31.2. The second-order valence-corrected chi connectivity index (χ2v) is 30.4. The molecule has 0 aliphatic rings. The van der Waals surface area contributed by atoms with Crippen LogP contribution < -0.4 is 0 Å². The minimum Gasteiger partial charge on any atom is -0.456 e. The first-order valence-electron chi connectivity index (χ1n) is 40.2. The third-order valence-electron chi connectivity index (χ3n) is 23.5. The number of hydrogen-bond acceptors (Lipinski definition) is 9. The van der Waals surface area contributed by atoms with Crippen LogP contribution in [0.15, 0.2) is 408 Å². The lowest BCUT2D eigenvalue weighted by atomic mass is 10.0. The average molecular weight is 1540 g/mol. The van der Waals surface area contributed by atoms with Gasteiger partial charge in [0.1, 0.15) is 33.5 Å². The lowest BCUT2D eigenvalue weighted by Crippen LogP contribution is -2.06. The van der Waals surface area contributed by atoms with E-state index in [2.05, 4.69) is 359 Å². The summed E-state index contributed by atoms with van der Waals surface area (Å²) in [7, 11) is 0. The molecular formula is C108H65N9O3. The molecule has 0 atom stereocenters. The maximum Gasteiger partial charge on any atom is 0.238 e. The second kappa shape index (κ2) is 27.7. The van der Waals surface area contributed by atoms with E-state index in [9.17, 15) is 0 Å². The molecule has 0 aliphatic heterocycles. The Bertz CT molecular complexity index is 8340. The lowest BCUT2D eigenvalue weighted by molar-refractivity contribution is 0.669. The van der Waals surface area contributed by atoms with Crippen LogP contribution in [-0.4, -0.2) is 43.6 Å². The predicted molar refractivity (Wildman–Crippen MR) is 488 cm³/mol. The highest BCUT2D eigenvalue weighted by atomic mass is 16.3. The van der Waals surface area contributed by atoms with Crippen molar-refractivity contribution < 1.29 is 13.3 Å². The second-order valence-electron chi connectivity index (χ2n) is 30.4. The fraction of sp³-hybridized carbons (Fsp3) is 0. The van der Waals surface area contributed by atoms with Gasteiger partial charge in [0.05, 0.1) is 44.2 Å². The van der Waals surface area contributed by atoms with Gasteiger partial charge >= 0.3 is 0 Å². The van der Waals surface area contributed by atoms with E-state index in [4.69, 9.17) is 43.2 Å². The molecule has 8 aromatic heterocycles. The van der Waals surface area contributed by atoms with Gasteiger partial charge in [-0.2, -0.15) is 9.97 Å². The van der Waals surface area contributed by atoms with Crippen molar-refractivity contribution in [1.29, 1.82) is 0 Å². The number of nitrogens with zero attached hydrogens (tertiary/aromatic N) is 9. The van der Waals surface area contributed by atoms with Crippen LogP contribution in [0.4, 0.5) is 0 Å². The van der Waals surface area contributed by atoms with Crippen LogP contribution in [0.5, 0.6) is 0 Å². The molecule has 0 aliphatic carbocycles. The molecule has 120 heavy (non-hydrogen) atoms. The van der Waals surface area contributed by atoms with Crippen molar-refractivity contribution in [3.8, 4) is 108 Å². The van der Waals surface area contributed by atoms with E-state index < -0.39 is 0 Å². The summed E-state index contributed by atoms with van der Waals surface area (Å²) < 4.78 is 26.8. The molecule has 0 saturated heterocycles. The number of hydrogen-bond donors (Lipinski definition) is 0. The molecule has 0 spiro atoms. The van der Waals surface area contributed by atoms with Gasteiger partial charge < -0.3 is 22.4 Å². The van der Waals surface area contributed by atoms with Gasteiger partial charge in [-0.15, -0.1) is 0 Å². The summed E-state index contributed by atoms with van der Waals surface area (Å²) in [5.74, 6) is 3.33. The van der Waals surface area contributed by atoms with Gasteiger partial charge in [0, 0.05) is 92.7 Å². The summed E-state index contributed by atoms with van der Waals surface area (Å²) in [6, 6.07) is 137. The van der Waals surface area contributed by atoms with Gasteiger partial charge in [0.15, 0.2) is 29.1 Å². The van der Waals surface area contributed by atoms with Crippen LogP contribution in [0.3, 0.4) is 0 Å². The van der Waals surface area contributed by atoms with Crippen molar-refractivity contribution in [1.82, 2.24) is 43.6 Å². The number of furan rings is 3. The standard InChI is InChI=1S/C57H35N5O.C51H30N4O2/c1-3-15-36(16-4-1)38-29-31-39(32-30-38)55-58-56(60-57(59-55)62-50-27-11-7-21-42(50)43-22-8-12-28-51(43)62)46-25-14-24-45-48-34-52-47(35-53(48)63-54(45)46)44-23-9-10-26-49(44)61(52)41-20-13-19-40(33-41)37-17-5-2-6-18-37;1-3-12-31(13-4-1)32-22-24-33(25-23-32)49-52-50(34-26-27-46-41(28-34)37-17-8-10-21-45(37)56-46)54-51(53-49)39-19-11-18-38-42-29-44-40(30-47(42)57-48(38)39)36-16-7-9-20-43(36)55(44)35-14-5-2-6-15-35/h1-35H;1-30H. The Morgan fingerprint density at radius 3 is 1.04 bits per heavy atom. The normalized spacial score (nSPS) is 11.8. The van der Waals surface area contributed by atoms with E-state index in [1.165, 1.54) is 16.5 Å². The first-order chi connectivity index (χ1) is 59.5. The Labute approximate surface area is 685 Å². The lowest BCUT2D eigenvalue weighted by Gasteiger charge is -2.11. The highest BCUT2D eigenvalue weighted by molar-refractivity contribution is 6.20.